The van der Waals surface area contributed by atoms with Gasteiger partial charge >= 0.3 is 5.97 Å². The van der Waals surface area contributed by atoms with E-state index in [9.17, 15) is 18.0 Å². The molecule has 0 spiro atoms. The molecule has 0 aromatic carbocycles. The number of carbonyl (C=O) groups excluding carboxylic acids is 1. The molecule has 0 aliphatic rings. The van der Waals surface area contributed by atoms with E-state index >= 15 is 0 Å². The maximum absolute atomic E-state index is 12.1. The van der Waals surface area contributed by atoms with Crippen LogP contribution < -0.4 is 5.56 Å². The molecule has 0 saturated heterocycles. The molecule has 0 atom stereocenters. The van der Waals surface area contributed by atoms with E-state index in [1.807, 2.05) is 0 Å². The van der Waals surface area contributed by atoms with Gasteiger partial charge < -0.3 is 9.72 Å². The van der Waals surface area contributed by atoms with Crippen LogP contribution in [-0.2, 0) is 19.6 Å². The zero-order chi connectivity index (χ0) is 14.6. The number of ether oxygens (including phenoxy) is 1. The fourth-order valence-corrected chi connectivity index (χ4v) is 2.59. The number of carbonyl (C=O) groups is 1. The molecule has 106 valence electrons. The first-order chi connectivity index (χ1) is 8.78. The van der Waals surface area contributed by atoms with E-state index < -0.39 is 28.1 Å². The molecule has 1 N–H and O–H groups in total. The first-order valence-electron chi connectivity index (χ1n) is 5.29. The van der Waals surface area contributed by atoms with Gasteiger partial charge in [-0.3, -0.25) is 9.59 Å². The molecule has 1 aromatic rings. The van der Waals surface area contributed by atoms with Gasteiger partial charge in [0.05, 0.1) is 11.5 Å². The third kappa shape index (κ3) is 3.79. The van der Waals surface area contributed by atoms with Crippen LogP contribution in [0.2, 0.25) is 5.02 Å². The van der Waals surface area contributed by atoms with Crippen molar-refractivity contribution in [3.05, 3.63) is 27.6 Å². The van der Waals surface area contributed by atoms with Crippen molar-refractivity contribution in [2.75, 3.05) is 20.2 Å². The van der Waals surface area contributed by atoms with E-state index in [2.05, 4.69) is 9.72 Å². The molecular weight excluding hydrogens is 296 g/mol. The quantitative estimate of drug-likeness (QED) is 0.784. The number of aromatic amines is 1. The number of hydrogen-bond acceptors (Lipinski definition) is 5. The molecular formula is C10H13ClN2O5S. The highest BCUT2D eigenvalue weighted by Gasteiger charge is 2.24. The Morgan fingerprint density at radius 1 is 1.53 bits per heavy atom. The standard InChI is InChI=1S/C10H13ClN2O5S/c1-3-18-9(14)6-13(2)19(16,17)7-4-8(11)10(15)12-5-7/h4-5H,3,6H2,1-2H3,(H,12,15). The van der Waals surface area contributed by atoms with E-state index in [0.717, 1.165) is 16.6 Å². The second-order valence-corrected chi connectivity index (χ2v) is 6.03. The van der Waals surface area contributed by atoms with E-state index in [1.165, 1.54) is 7.05 Å². The lowest BCUT2D eigenvalue weighted by molar-refractivity contribution is -0.143. The number of nitrogens with zero attached hydrogens (tertiary/aromatic N) is 1. The SMILES string of the molecule is CCOC(=O)CN(C)S(=O)(=O)c1c[nH]c(=O)c(Cl)c1. The third-order valence-corrected chi connectivity index (χ3v) is 4.26. The number of aromatic nitrogens is 1. The number of esters is 1. The number of nitrogens with one attached hydrogen (secondary N) is 1. The Hall–Kier alpha value is -1.38. The Labute approximate surface area is 115 Å². The first-order valence-corrected chi connectivity index (χ1v) is 7.11. The number of sulfonamides is 1. The van der Waals surface area contributed by atoms with Crippen molar-refractivity contribution >= 4 is 27.6 Å². The van der Waals surface area contributed by atoms with Crippen LogP contribution in [0.3, 0.4) is 0 Å². The molecule has 19 heavy (non-hydrogen) atoms. The molecule has 0 amide bonds. The van der Waals surface area contributed by atoms with Crippen LogP contribution in [0.4, 0.5) is 0 Å². The first kappa shape index (κ1) is 15.7. The Bertz CT molecular complexity index is 625. The molecule has 1 heterocycles. The average molecular weight is 309 g/mol. The van der Waals surface area contributed by atoms with E-state index in [1.54, 1.807) is 6.92 Å². The van der Waals surface area contributed by atoms with Gasteiger partial charge in [0.2, 0.25) is 10.0 Å². The van der Waals surface area contributed by atoms with Gasteiger partial charge in [0.1, 0.15) is 11.6 Å². The highest BCUT2D eigenvalue weighted by Crippen LogP contribution is 2.14. The summed E-state index contributed by atoms with van der Waals surface area (Å²) in [6, 6.07) is 1.03. The van der Waals surface area contributed by atoms with Crippen LogP contribution in [0.1, 0.15) is 6.92 Å². The van der Waals surface area contributed by atoms with Gasteiger partial charge in [-0.05, 0) is 13.0 Å². The Kier molecular flexibility index (Phi) is 5.10. The molecule has 0 aliphatic heterocycles. The summed E-state index contributed by atoms with van der Waals surface area (Å²) in [5.74, 6) is -0.663. The molecule has 1 aromatic heterocycles. The van der Waals surface area contributed by atoms with Crippen molar-refractivity contribution in [1.29, 1.82) is 0 Å². The normalized spacial score (nSPS) is 11.6. The predicted octanol–water partition coefficient (Wildman–Crippen LogP) is 0.212. The number of hydrogen-bond donors (Lipinski definition) is 1. The summed E-state index contributed by atoms with van der Waals surface area (Å²) in [7, 11) is -2.69. The molecule has 0 saturated carbocycles. The zero-order valence-electron chi connectivity index (χ0n) is 10.3. The second-order valence-electron chi connectivity index (χ2n) is 3.58. The Morgan fingerprint density at radius 2 is 2.16 bits per heavy atom. The summed E-state index contributed by atoms with van der Waals surface area (Å²) in [6.45, 7) is 1.36. The van der Waals surface area contributed by atoms with Crippen LogP contribution >= 0.6 is 11.6 Å². The summed E-state index contributed by atoms with van der Waals surface area (Å²) in [5, 5.41) is -0.245. The number of halogens is 1. The summed E-state index contributed by atoms with van der Waals surface area (Å²) in [6.07, 6.45) is 1.02. The molecule has 0 bridgehead atoms. The second kappa shape index (κ2) is 6.18. The molecule has 0 fully saturated rings. The Morgan fingerprint density at radius 3 is 2.68 bits per heavy atom. The summed E-state index contributed by atoms with van der Waals surface area (Å²) >= 11 is 5.56. The molecule has 1 rings (SSSR count). The lowest BCUT2D eigenvalue weighted by atomic mass is 10.5. The van der Waals surface area contributed by atoms with Crippen LogP contribution in [0, 0.1) is 0 Å². The average Bonchev–Trinajstić information content (AvgIpc) is 2.32. The monoisotopic (exact) mass is 308 g/mol. The maximum atomic E-state index is 12.1. The van der Waals surface area contributed by atoms with E-state index in [0.29, 0.717) is 0 Å². The fourth-order valence-electron chi connectivity index (χ4n) is 1.24. The summed E-state index contributed by atoms with van der Waals surface area (Å²) in [4.78, 5) is 24.3. The van der Waals surface area contributed by atoms with Gasteiger partial charge in [0.15, 0.2) is 0 Å². The molecule has 9 heteroatoms. The summed E-state index contributed by atoms with van der Waals surface area (Å²) in [5.41, 5.74) is -0.589. The lowest BCUT2D eigenvalue weighted by Gasteiger charge is -2.16. The topological polar surface area (TPSA) is 96.5 Å². The largest absolute Gasteiger partial charge is 0.465 e. The maximum Gasteiger partial charge on any atom is 0.321 e. The van der Waals surface area contributed by atoms with Gasteiger partial charge in [-0.2, -0.15) is 4.31 Å². The number of H-pyrrole nitrogens is 1. The van der Waals surface area contributed by atoms with Gasteiger partial charge in [-0.25, -0.2) is 8.42 Å². The minimum atomic E-state index is -3.91. The number of likely N-dealkylation sites (N-methyl/N-ethyl adjacent to an activating group) is 1. The minimum absolute atomic E-state index is 0.164. The lowest BCUT2D eigenvalue weighted by Crippen LogP contribution is -2.33. The van der Waals surface area contributed by atoms with Gasteiger partial charge in [-0.15, -0.1) is 0 Å². The van der Waals surface area contributed by atoms with Gasteiger partial charge in [0, 0.05) is 13.2 Å². The minimum Gasteiger partial charge on any atom is -0.465 e. The fraction of sp³-hybridized carbons (Fsp3) is 0.400. The van der Waals surface area contributed by atoms with E-state index in [-0.39, 0.29) is 16.5 Å². The molecule has 0 aliphatic carbocycles. The van der Waals surface area contributed by atoms with Crippen LogP contribution in [0.5, 0.6) is 0 Å². The smallest absolute Gasteiger partial charge is 0.321 e. The third-order valence-electron chi connectivity index (χ3n) is 2.20. The van der Waals surface area contributed by atoms with Crippen molar-refractivity contribution in [3.8, 4) is 0 Å². The summed E-state index contributed by atoms with van der Waals surface area (Å²) < 4.78 is 29.6. The zero-order valence-corrected chi connectivity index (χ0v) is 11.9. The van der Waals surface area contributed by atoms with Gasteiger partial charge in [0.25, 0.3) is 5.56 Å². The molecule has 0 radical (unpaired) electrons. The highest BCUT2D eigenvalue weighted by atomic mass is 35.5. The van der Waals surface area contributed by atoms with Gasteiger partial charge in [-0.1, -0.05) is 11.6 Å². The van der Waals surface area contributed by atoms with E-state index in [4.69, 9.17) is 11.6 Å². The van der Waals surface area contributed by atoms with Crippen molar-refractivity contribution in [1.82, 2.24) is 9.29 Å². The Balaban J connectivity index is 2.99. The van der Waals surface area contributed by atoms with Crippen molar-refractivity contribution in [3.63, 3.8) is 0 Å². The van der Waals surface area contributed by atoms with Crippen molar-refractivity contribution in [2.45, 2.75) is 11.8 Å². The molecule has 0 unspecified atom stereocenters. The number of rotatable bonds is 5. The van der Waals surface area contributed by atoms with Crippen LogP contribution in [0.15, 0.2) is 22.0 Å². The van der Waals surface area contributed by atoms with Crippen LogP contribution in [0.25, 0.3) is 0 Å². The predicted molar refractivity (Wildman–Crippen MR) is 68.5 cm³/mol. The highest BCUT2D eigenvalue weighted by molar-refractivity contribution is 7.89. The van der Waals surface area contributed by atoms with Crippen molar-refractivity contribution < 1.29 is 17.9 Å². The van der Waals surface area contributed by atoms with Crippen LogP contribution in [-0.4, -0.2) is 43.9 Å². The van der Waals surface area contributed by atoms with Crippen molar-refractivity contribution in [2.24, 2.45) is 0 Å². The number of pyridine rings is 1. The molecule has 7 nitrogen and oxygen atoms in total.